The molecule has 3 aromatic heterocycles. The number of hydrogen-bond donors (Lipinski definition) is 0. The van der Waals surface area contributed by atoms with Crippen LogP contribution in [0.1, 0.15) is 16.9 Å². The fourth-order valence-electron chi connectivity index (χ4n) is 2.53. The van der Waals surface area contributed by atoms with Crippen molar-refractivity contribution in [3.05, 3.63) is 41.1 Å². The summed E-state index contributed by atoms with van der Waals surface area (Å²) >= 11 is 1.42. The first kappa shape index (κ1) is 13.5. The molecule has 5 rings (SSSR count). The Kier molecular flexibility index (Phi) is 2.83. The predicted molar refractivity (Wildman–Crippen MR) is 84.2 cm³/mol. The molecule has 0 bridgehead atoms. The summed E-state index contributed by atoms with van der Waals surface area (Å²) in [6.45, 7) is 2.23. The van der Waals surface area contributed by atoms with Crippen LogP contribution in [0.5, 0.6) is 11.5 Å². The third-order valence-electron chi connectivity index (χ3n) is 3.65. The molecule has 1 aliphatic heterocycles. The number of ether oxygens (including phenoxy) is 2. The Morgan fingerprint density at radius 2 is 2.08 bits per heavy atom. The van der Waals surface area contributed by atoms with Gasteiger partial charge in [0.1, 0.15) is 12.4 Å². The van der Waals surface area contributed by atoms with Crippen LogP contribution in [-0.2, 0) is 0 Å². The molecule has 1 unspecified atom stereocenters. The second-order valence-electron chi connectivity index (χ2n) is 5.35. The number of aryl methyl sites for hydroxylation is 1. The van der Waals surface area contributed by atoms with E-state index in [9.17, 15) is 0 Å². The molecular formula is C15H11N5O3S. The first-order valence-electron chi connectivity index (χ1n) is 7.32. The molecule has 1 atom stereocenters. The monoisotopic (exact) mass is 341 g/mol. The quantitative estimate of drug-likeness (QED) is 0.554. The molecule has 120 valence electrons. The fourth-order valence-corrected chi connectivity index (χ4v) is 3.39. The molecule has 0 aliphatic carbocycles. The van der Waals surface area contributed by atoms with E-state index in [0.717, 1.165) is 10.8 Å². The highest BCUT2D eigenvalue weighted by atomic mass is 32.1. The smallest absolute Gasteiger partial charge is 0.235 e. The zero-order valence-electron chi connectivity index (χ0n) is 12.5. The van der Waals surface area contributed by atoms with Crippen molar-refractivity contribution in [1.29, 1.82) is 0 Å². The molecule has 0 fully saturated rings. The third kappa shape index (κ3) is 2.05. The number of hydrogen-bond acceptors (Lipinski definition) is 8. The number of fused-ring (bicyclic) bond motifs is 2. The average Bonchev–Trinajstić information content (AvgIpc) is 3.29. The van der Waals surface area contributed by atoms with Gasteiger partial charge in [0.15, 0.2) is 28.3 Å². The van der Waals surface area contributed by atoms with E-state index in [1.54, 1.807) is 10.6 Å². The lowest BCUT2D eigenvalue weighted by molar-refractivity contribution is 0.0904. The summed E-state index contributed by atoms with van der Waals surface area (Å²) in [7, 11) is 0. The minimum atomic E-state index is -0.279. The van der Waals surface area contributed by atoms with Gasteiger partial charge in [0, 0.05) is 6.07 Å². The van der Waals surface area contributed by atoms with Gasteiger partial charge in [-0.05, 0) is 19.1 Å². The summed E-state index contributed by atoms with van der Waals surface area (Å²) < 4.78 is 18.5. The molecule has 0 radical (unpaired) electrons. The van der Waals surface area contributed by atoms with Crippen LogP contribution in [0.4, 0.5) is 0 Å². The summed E-state index contributed by atoms with van der Waals surface area (Å²) in [4.78, 5) is 0.670. The summed E-state index contributed by atoms with van der Waals surface area (Å²) in [5.74, 6) is 2.71. The predicted octanol–water partition coefficient (Wildman–Crippen LogP) is 2.66. The Morgan fingerprint density at radius 3 is 2.92 bits per heavy atom. The van der Waals surface area contributed by atoms with Crippen LogP contribution in [0.15, 0.2) is 34.9 Å². The topological polar surface area (TPSA) is 87.6 Å². The van der Waals surface area contributed by atoms with Gasteiger partial charge in [0.05, 0.1) is 0 Å². The number of para-hydroxylation sites is 2. The fraction of sp³-hybridized carbons (Fsp3) is 0.200. The summed E-state index contributed by atoms with van der Waals surface area (Å²) in [6.07, 6.45) is -0.279. The van der Waals surface area contributed by atoms with Gasteiger partial charge >= 0.3 is 0 Å². The normalized spacial score (nSPS) is 16.6. The van der Waals surface area contributed by atoms with Crippen molar-refractivity contribution in [3.8, 4) is 23.0 Å². The van der Waals surface area contributed by atoms with Gasteiger partial charge in [-0.1, -0.05) is 28.6 Å². The van der Waals surface area contributed by atoms with Crippen molar-refractivity contribution in [3.63, 3.8) is 0 Å². The van der Waals surface area contributed by atoms with Crippen LogP contribution in [0.2, 0.25) is 0 Å². The van der Waals surface area contributed by atoms with E-state index >= 15 is 0 Å². The Hall–Kier alpha value is -2.94. The summed E-state index contributed by atoms with van der Waals surface area (Å²) in [5.41, 5.74) is 0.600. The molecule has 0 saturated heterocycles. The van der Waals surface area contributed by atoms with Gasteiger partial charge in [-0.3, -0.25) is 0 Å². The minimum Gasteiger partial charge on any atom is -0.485 e. The minimum absolute atomic E-state index is 0.279. The summed E-state index contributed by atoms with van der Waals surface area (Å²) in [5, 5.41) is 17.6. The molecule has 4 heterocycles. The van der Waals surface area contributed by atoms with Gasteiger partial charge in [-0.15, -0.1) is 10.2 Å². The van der Waals surface area contributed by atoms with Gasteiger partial charge in [0.2, 0.25) is 10.8 Å². The SMILES string of the molecule is Cc1cc(-c2nnc3sc(C4COc5ccccc5O4)nn23)no1. The molecule has 8 nitrogen and oxygen atoms in total. The molecule has 4 aromatic rings. The largest absolute Gasteiger partial charge is 0.485 e. The summed E-state index contributed by atoms with van der Waals surface area (Å²) in [6, 6.07) is 9.39. The lowest BCUT2D eigenvalue weighted by Crippen LogP contribution is -2.21. The van der Waals surface area contributed by atoms with Gasteiger partial charge in [-0.25, -0.2) is 0 Å². The van der Waals surface area contributed by atoms with E-state index < -0.39 is 0 Å². The van der Waals surface area contributed by atoms with Crippen LogP contribution in [0.3, 0.4) is 0 Å². The van der Waals surface area contributed by atoms with Crippen LogP contribution in [-0.4, -0.2) is 31.6 Å². The van der Waals surface area contributed by atoms with Crippen molar-refractivity contribution in [2.75, 3.05) is 6.61 Å². The number of benzene rings is 1. The van der Waals surface area contributed by atoms with Crippen molar-refractivity contribution in [2.45, 2.75) is 13.0 Å². The second-order valence-corrected chi connectivity index (χ2v) is 6.33. The number of rotatable bonds is 2. The van der Waals surface area contributed by atoms with Gasteiger partial charge < -0.3 is 14.0 Å². The standard InChI is InChI=1S/C15H11N5O3S/c1-8-6-9(19-23-8)13-16-17-15-20(13)18-14(24-15)12-7-21-10-4-2-3-5-11(10)22-12/h2-6,12H,7H2,1H3. The maximum atomic E-state index is 5.99. The maximum Gasteiger partial charge on any atom is 0.235 e. The highest BCUT2D eigenvalue weighted by Crippen LogP contribution is 2.37. The van der Waals surface area contributed by atoms with E-state index in [1.807, 2.05) is 31.2 Å². The third-order valence-corrected chi connectivity index (χ3v) is 4.64. The van der Waals surface area contributed by atoms with Crippen molar-refractivity contribution in [1.82, 2.24) is 25.0 Å². The van der Waals surface area contributed by atoms with E-state index in [2.05, 4.69) is 20.5 Å². The van der Waals surface area contributed by atoms with E-state index in [-0.39, 0.29) is 6.10 Å². The molecule has 9 heteroatoms. The first-order valence-corrected chi connectivity index (χ1v) is 8.14. The molecule has 1 aliphatic rings. The molecule has 0 saturated carbocycles. The van der Waals surface area contributed by atoms with E-state index in [4.69, 9.17) is 14.0 Å². The molecule has 0 spiro atoms. The first-order chi connectivity index (χ1) is 11.8. The molecule has 1 aromatic carbocycles. The van der Waals surface area contributed by atoms with Crippen LogP contribution in [0, 0.1) is 6.92 Å². The van der Waals surface area contributed by atoms with Crippen LogP contribution in [0.25, 0.3) is 16.5 Å². The Bertz CT molecular complexity index is 1040. The highest BCUT2D eigenvalue weighted by molar-refractivity contribution is 7.16. The highest BCUT2D eigenvalue weighted by Gasteiger charge is 2.27. The van der Waals surface area contributed by atoms with Crippen LogP contribution < -0.4 is 9.47 Å². The number of aromatic nitrogens is 5. The molecular weight excluding hydrogens is 330 g/mol. The average molecular weight is 341 g/mol. The number of nitrogens with zero attached hydrogens (tertiary/aromatic N) is 5. The van der Waals surface area contributed by atoms with E-state index in [0.29, 0.717) is 34.6 Å². The lowest BCUT2D eigenvalue weighted by Gasteiger charge is -2.24. The van der Waals surface area contributed by atoms with Crippen molar-refractivity contribution >= 4 is 16.3 Å². The Labute approximate surface area is 139 Å². The maximum absolute atomic E-state index is 5.99. The molecule has 0 amide bonds. The van der Waals surface area contributed by atoms with Gasteiger partial charge in [0.25, 0.3) is 0 Å². The zero-order valence-corrected chi connectivity index (χ0v) is 13.4. The lowest BCUT2D eigenvalue weighted by atomic mass is 10.3. The van der Waals surface area contributed by atoms with Gasteiger partial charge in [-0.2, -0.15) is 9.61 Å². The van der Waals surface area contributed by atoms with E-state index in [1.165, 1.54) is 11.3 Å². The molecule has 0 N–H and O–H groups in total. The molecule has 24 heavy (non-hydrogen) atoms. The second kappa shape index (κ2) is 5.03. The van der Waals surface area contributed by atoms with Crippen molar-refractivity contribution in [2.24, 2.45) is 0 Å². The Morgan fingerprint density at radius 1 is 1.21 bits per heavy atom. The Balaban J connectivity index is 1.52. The zero-order chi connectivity index (χ0) is 16.1. The van der Waals surface area contributed by atoms with Crippen LogP contribution >= 0.6 is 11.3 Å². The van der Waals surface area contributed by atoms with Crippen molar-refractivity contribution < 1.29 is 14.0 Å².